The lowest BCUT2D eigenvalue weighted by molar-refractivity contribution is 0.0964. The number of anilines is 1. The highest BCUT2D eigenvalue weighted by Crippen LogP contribution is 2.34. The van der Waals surface area contributed by atoms with Gasteiger partial charge in [0.2, 0.25) is 5.95 Å². The van der Waals surface area contributed by atoms with E-state index >= 15 is 0 Å². The molecule has 0 amide bonds. The smallest absolute Gasteiger partial charge is 0.262 e. The van der Waals surface area contributed by atoms with E-state index < -0.39 is 0 Å². The molecule has 0 saturated carbocycles. The Morgan fingerprint density at radius 3 is 2.48 bits per heavy atom. The first-order valence-corrected chi connectivity index (χ1v) is 10.5. The lowest BCUT2D eigenvalue weighted by Gasteiger charge is -2.24. The molecule has 1 aliphatic carbocycles. The van der Waals surface area contributed by atoms with Crippen molar-refractivity contribution in [2.24, 2.45) is 0 Å². The van der Waals surface area contributed by atoms with Crippen LogP contribution in [0.2, 0.25) is 0 Å². The van der Waals surface area contributed by atoms with Crippen LogP contribution < -0.4 is 10.9 Å². The Morgan fingerprint density at radius 2 is 1.71 bits per heavy atom. The fourth-order valence-electron chi connectivity index (χ4n) is 4.28. The SMILES string of the molecule is O=C1CC(c2ccccc2)Cc2c1cnc1nc(NCCc3ccccc3)[nH]c(=O)c21. The van der Waals surface area contributed by atoms with E-state index in [-0.39, 0.29) is 17.3 Å². The second-order valence-corrected chi connectivity index (χ2v) is 7.86. The first-order chi connectivity index (χ1) is 15.2. The van der Waals surface area contributed by atoms with Crippen molar-refractivity contribution in [2.75, 3.05) is 11.9 Å². The molecule has 0 saturated heterocycles. The number of benzene rings is 2. The van der Waals surface area contributed by atoms with Gasteiger partial charge in [-0.05, 0) is 35.4 Å². The number of aromatic nitrogens is 3. The van der Waals surface area contributed by atoms with Crippen molar-refractivity contribution in [3.63, 3.8) is 0 Å². The highest BCUT2D eigenvalue weighted by molar-refractivity contribution is 6.02. The molecular weight excluding hydrogens is 388 g/mol. The Hall–Kier alpha value is -3.80. The van der Waals surface area contributed by atoms with Crippen LogP contribution in [0.5, 0.6) is 0 Å². The van der Waals surface area contributed by atoms with Gasteiger partial charge in [0.1, 0.15) is 0 Å². The molecule has 31 heavy (non-hydrogen) atoms. The molecule has 6 heteroatoms. The van der Waals surface area contributed by atoms with Crippen LogP contribution in [0.4, 0.5) is 5.95 Å². The molecule has 2 aromatic heterocycles. The zero-order chi connectivity index (χ0) is 21.2. The van der Waals surface area contributed by atoms with Gasteiger partial charge in [-0.2, -0.15) is 4.98 Å². The Bertz CT molecular complexity index is 1300. The molecule has 154 valence electrons. The number of nitrogens with zero attached hydrogens (tertiary/aromatic N) is 2. The molecule has 0 bridgehead atoms. The number of carbonyl (C=O) groups excluding carboxylic acids is 1. The van der Waals surface area contributed by atoms with Crippen molar-refractivity contribution in [3.05, 3.63) is 99.5 Å². The largest absolute Gasteiger partial charge is 0.355 e. The standard InChI is InChI=1S/C25H22N4O2/c30-21-14-18(17-9-5-2-6-10-17)13-19-20(21)15-27-23-22(19)24(31)29-25(28-23)26-12-11-16-7-3-1-4-8-16/h1-10,15,18H,11-14H2,(H2,26,27,28,29,31). The maximum Gasteiger partial charge on any atom is 0.262 e. The molecule has 1 atom stereocenters. The maximum absolute atomic E-state index is 13.0. The van der Waals surface area contributed by atoms with Crippen LogP contribution in [0.3, 0.4) is 0 Å². The van der Waals surface area contributed by atoms with Gasteiger partial charge in [0.15, 0.2) is 11.4 Å². The summed E-state index contributed by atoms with van der Waals surface area (Å²) in [7, 11) is 0. The van der Waals surface area contributed by atoms with Gasteiger partial charge in [-0.25, -0.2) is 4.98 Å². The summed E-state index contributed by atoms with van der Waals surface area (Å²) >= 11 is 0. The van der Waals surface area contributed by atoms with E-state index in [9.17, 15) is 9.59 Å². The highest BCUT2D eigenvalue weighted by atomic mass is 16.1. The van der Waals surface area contributed by atoms with Gasteiger partial charge in [0.05, 0.1) is 5.39 Å². The van der Waals surface area contributed by atoms with E-state index in [1.54, 1.807) is 6.20 Å². The molecule has 2 N–H and O–H groups in total. The fraction of sp³-hybridized carbons (Fsp3) is 0.200. The minimum atomic E-state index is -0.266. The molecule has 2 heterocycles. The number of hydrogen-bond donors (Lipinski definition) is 2. The number of aromatic amines is 1. The number of fused-ring (bicyclic) bond motifs is 3. The Labute approximate surface area is 179 Å². The van der Waals surface area contributed by atoms with Crippen molar-refractivity contribution >= 4 is 22.8 Å². The third-order valence-electron chi connectivity index (χ3n) is 5.85. The van der Waals surface area contributed by atoms with Crippen LogP contribution in [0.25, 0.3) is 11.0 Å². The fourth-order valence-corrected chi connectivity index (χ4v) is 4.28. The average molecular weight is 410 g/mol. The number of pyridine rings is 1. The molecule has 1 unspecified atom stereocenters. The van der Waals surface area contributed by atoms with E-state index in [1.165, 1.54) is 5.56 Å². The predicted octanol–water partition coefficient (Wildman–Crippen LogP) is 3.89. The third-order valence-corrected chi connectivity index (χ3v) is 5.85. The van der Waals surface area contributed by atoms with E-state index in [1.807, 2.05) is 48.5 Å². The summed E-state index contributed by atoms with van der Waals surface area (Å²) in [5.41, 5.74) is 3.70. The van der Waals surface area contributed by atoms with Crippen molar-refractivity contribution in [1.82, 2.24) is 15.0 Å². The number of nitrogens with one attached hydrogen (secondary N) is 2. The zero-order valence-corrected chi connectivity index (χ0v) is 17.0. The summed E-state index contributed by atoms with van der Waals surface area (Å²) in [6.07, 6.45) is 3.43. The van der Waals surface area contributed by atoms with Crippen LogP contribution in [-0.2, 0) is 12.8 Å². The molecule has 4 aromatic rings. The number of hydrogen-bond acceptors (Lipinski definition) is 5. The normalized spacial score (nSPS) is 15.6. The van der Waals surface area contributed by atoms with Crippen LogP contribution in [0, 0.1) is 0 Å². The van der Waals surface area contributed by atoms with Crippen LogP contribution in [0.1, 0.15) is 39.4 Å². The summed E-state index contributed by atoms with van der Waals surface area (Å²) in [6, 6.07) is 20.1. The predicted molar refractivity (Wildman–Crippen MR) is 121 cm³/mol. The van der Waals surface area contributed by atoms with Gasteiger partial charge in [0, 0.05) is 24.7 Å². The van der Waals surface area contributed by atoms with Gasteiger partial charge in [-0.1, -0.05) is 60.7 Å². The van der Waals surface area contributed by atoms with Crippen molar-refractivity contribution in [2.45, 2.75) is 25.2 Å². The molecule has 5 rings (SSSR count). The van der Waals surface area contributed by atoms with E-state index in [0.717, 1.165) is 17.5 Å². The van der Waals surface area contributed by atoms with Gasteiger partial charge >= 0.3 is 0 Å². The van der Waals surface area contributed by atoms with E-state index in [4.69, 9.17) is 0 Å². The summed E-state index contributed by atoms with van der Waals surface area (Å²) in [5.74, 6) is 0.464. The van der Waals surface area contributed by atoms with Gasteiger partial charge in [0.25, 0.3) is 5.56 Å². The summed E-state index contributed by atoms with van der Waals surface area (Å²) in [4.78, 5) is 37.4. The maximum atomic E-state index is 13.0. The summed E-state index contributed by atoms with van der Waals surface area (Å²) < 4.78 is 0. The Morgan fingerprint density at radius 1 is 0.968 bits per heavy atom. The first-order valence-electron chi connectivity index (χ1n) is 10.5. The molecule has 0 aliphatic heterocycles. The topological polar surface area (TPSA) is 87.7 Å². The van der Waals surface area contributed by atoms with Crippen molar-refractivity contribution in [1.29, 1.82) is 0 Å². The minimum absolute atomic E-state index is 0.0222. The highest BCUT2D eigenvalue weighted by Gasteiger charge is 2.29. The number of H-pyrrole nitrogens is 1. The number of ketones is 1. The van der Waals surface area contributed by atoms with Crippen molar-refractivity contribution < 1.29 is 4.79 Å². The Balaban J connectivity index is 1.45. The van der Waals surface area contributed by atoms with Gasteiger partial charge < -0.3 is 5.32 Å². The summed E-state index contributed by atoms with van der Waals surface area (Å²) in [5, 5.41) is 3.59. The molecule has 0 radical (unpaired) electrons. The lowest BCUT2D eigenvalue weighted by Crippen LogP contribution is -2.23. The van der Waals surface area contributed by atoms with Crippen LogP contribution in [0.15, 0.2) is 71.7 Å². The number of rotatable bonds is 5. The monoisotopic (exact) mass is 410 g/mol. The van der Waals surface area contributed by atoms with Crippen LogP contribution in [-0.4, -0.2) is 27.3 Å². The summed E-state index contributed by atoms with van der Waals surface area (Å²) in [6.45, 7) is 0.637. The van der Waals surface area contributed by atoms with Gasteiger partial charge in [-0.3, -0.25) is 14.6 Å². The third kappa shape index (κ3) is 3.84. The minimum Gasteiger partial charge on any atom is -0.355 e. The van der Waals surface area contributed by atoms with Crippen LogP contribution >= 0.6 is 0 Å². The number of Topliss-reactive ketones (excluding diaryl/α,β-unsaturated/α-hetero) is 1. The molecule has 2 aromatic carbocycles. The molecular formula is C25H22N4O2. The molecule has 0 fully saturated rings. The number of carbonyl (C=O) groups is 1. The van der Waals surface area contributed by atoms with E-state index in [0.29, 0.717) is 41.9 Å². The second-order valence-electron chi connectivity index (χ2n) is 7.86. The zero-order valence-electron chi connectivity index (χ0n) is 17.0. The Kier molecular flexibility index (Phi) is 5.04. The van der Waals surface area contributed by atoms with Crippen molar-refractivity contribution in [3.8, 4) is 0 Å². The second kappa shape index (κ2) is 8.14. The molecule has 0 spiro atoms. The lowest BCUT2D eigenvalue weighted by atomic mass is 9.79. The molecule has 6 nitrogen and oxygen atoms in total. The van der Waals surface area contributed by atoms with Gasteiger partial charge in [-0.15, -0.1) is 0 Å². The van der Waals surface area contributed by atoms with E-state index in [2.05, 4.69) is 32.4 Å². The molecule has 1 aliphatic rings. The quantitative estimate of drug-likeness (QED) is 0.521. The first kappa shape index (κ1) is 19.2. The average Bonchev–Trinajstić information content (AvgIpc) is 2.80.